The second-order valence-electron chi connectivity index (χ2n) is 14.0. The number of nitrogens with one attached hydrogen (secondary N) is 2. The van der Waals surface area contributed by atoms with Gasteiger partial charge in [0.25, 0.3) is 0 Å². The summed E-state index contributed by atoms with van der Waals surface area (Å²) in [5.41, 5.74) is 14.3. The summed E-state index contributed by atoms with van der Waals surface area (Å²) in [4.78, 5) is 5.38. The van der Waals surface area contributed by atoms with Gasteiger partial charge in [-0.1, -0.05) is 176 Å². The quantitative estimate of drug-likeness (QED) is 0.173. The summed E-state index contributed by atoms with van der Waals surface area (Å²) in [6.45, 7) is 0. The van der Waals surface area contributed by atoms with Gasteiger partial charge >= 0.3 is 0 Å². The van der Waals surface area contributed by atoms with Gasteiger partial charge in [0.1, 0.15) is 29.3 Å². The van der Waals surface area contributed by atoms with Gasteiger partial charge in [-0.2, -0.15) is 0 Å². The average Bonchev–Trinajstić information content (AvgIpc) is 3.66. The van der Waals surface area contributed by atoms with Crippen LogP contribution in [0, 0.1) is 0 Å². The molecule has 9 aromatic rings. The van der Waals surface area contributed by atoms with Crippen LogP contribution < -0.4 is 10.6 Å². The van der Waals surface area contributed by atoms with Crippen molar-refractivity contribution in [1.29, 1.82) is 0 Å². The van der Waals surface area contributed by atoms with Crippen molar-refractivity contribution in [1.82, 2.24) is 10.6 Å². The van der Waals surface area contributed by atoms with Gasteiger partial charge in [0.2, 0.25) is 0 Å². The van der Waals surface area contributed by atoms with Crippen molar-refractivity contribution >= 4 is 27.8 Å². The number of amidine groups is 1. The van der Waals surface area contributed by atoms with Crippen LogP contribution in [0.15, 0.2) is 210 Å². The first kappa shape index (κ1) is 32.6. The molecule has 0 aliphatic carbocycles. The lowest BCUT2D eigenvalue weighted by Gasteiger charge is -2.33. The van der Waals surface area contributed by atoms with E-state index in [4.69, 9.17) is 9.41 Å². The standard InChI is InChI=1S/C51H37N3O/c1-5-14-34(15-6-1)36-24-26-39(27-25-36)49-52-50(41-29-30-42(37-18-9-3-10-19-37)45(32-41)38-20-11-4-12-21-38)54-51(53-49)44-22-13-23-46-48(44)43-31-28-40(33-47(43)55-46)35-16-7-2-8-17-35/h1-33,50-51,54H,(H,52,53). The van der Waals surface area contributed by atoms with E-state index in [9.17, 15) is 0 Å². The highest BCUT2D eigenvalue weighted by Crippen LogP contribution is 2.39. The van der Waals surface area contributed by atoms with E-state index in [1.165, 1.54) is 33.4 Å². The molecule has 1 aliphatic heterocycles. The highest BCUT2D eigenvalue weighted by Gasteiger charge is 2.28. The normalized spacial score (nSPS) is 15.5. The first-order chi connectivity index (χ1) is 27.2. The largest absolute Gasteiger partial charge is 0.456 e. The summed E-state index contributed by atoms with van der Waals surface area (Å²) < 4.78 is 6.56. The van der Waals surface area contributed by atoms with E-state index in [0.29, 0.717) is 0 Å². The molecule has 0 saturated carbocycles. The molecule has 4 heteroatoms. The van der Waals surface area contributed by atoms with E-state index in [1.54, 1.807) is 0 Å². The van der Waals surface area contributed by atoms with Gasteiger partial charge in [0, 0.05) is 21.9 Å². The van der Waals surface area contributed by atoms with Crippen molar-refractivity contribution in [2.24, 2.45) is 4.99 Å². The Bertz CT molecular complexity index is 2790. The van der Waals surface area contributed by atoms with E-state index < -0.39 is 0 Å². The number of aliphatic imine (C=N–C) groups is 1. The second kappa shape index (κ2) is 14.1. The van der Waals surface area contributed by atoms with Gasteiger partial charge in [0.15, 0.2) is 0 Å². The molecule has 0 spiro atoms. The Balaban J connectivity index is 1.10. The van der Waals surface area contributed by atoms with Crippen LogP contribution >= 0.6 is 0 Å². The minimum Gasteiger partial charge on any atom is -0.456 e. The molecular formula is C51H37N3O. The van der Waals surface area contributed by atoms with Crippen molar-refractivity contribution in [2.75, 3.05) is 0 Å². The first-order valence-corrected chi connectivity index (χ1v) is 18.8. The minimum atomic E-state index is -0.333. The zero-order chi connectivity index (χ0) is 36.6. The third kappa shape index (κ3) is 6.29. The molecule has 2 unspecified atom stereocenters. The summed E-state index contributed by atoms with van der Waals surface area (Å²) in [7, 11) is 0. The smallest absolute Gasteiger partial charge is 0.136 e. The lowest BCUT2D eigenvalue weighted by atomic mass is 9.92. The fourth-order valence-electron chi connectivity index (χ4n) is 7.85. The number of nitrogens with zero attached hydrogens (tertiary/aromatic N) is 1. The van der Waals surface area contributed by atoms with Crippen molar-refractivity contribution in [3.8, 4) is 44.5 Å². The first-order valence-electron chi connectivity index (χ1n) is 18.8. The summed E-state index contributed by atoms with van der Waals surface area (Å²) >= 11 is 0. The molecule has 2 N–H and O–H groups in total. The highest BCUT2D eigenvalue weighted by atomic mass is 16.3. The monoisotopic (exact) mass is 707 g/mol. The van der Waals surface area contributed by atoms with Gasteiger partial charge in [-0.15, -0.1) is 0 Å². The van der Waals surface area contributed by atoms with Crippen LogP contribution in [0.1, 0.15) is 29.0 Å². The van der Waals surface area contributed by atoms with Crippen molar-refractivity contribution in [2.45, 2.75) is 12.3 Å². The Kier molecular flexibility index (Phi) is 8.36. The Morgan fingerprint density at radius 2 is 0.982 bits per heavy atom. The third-order valence-electron chi connectivity index (χ3n) is 10.6. The fraction of sp³-hybridized carbons (Fsp3) is 0.0392. The second-order valence-corrected chi connectivity index (χ2v) is 14.0. The maximum atomic E-state index is 6.56. The molecule has 0 radical (unpaired) electrons. The Morgan fingerprint density at radius 1 is 0.418 bits per heavy atom. The highest BCUT2D eigenvalue weighted by molar-refractivity contribution is 6.08. The predicted octanol–water partition coefficient (Wildman–Crippen LogP) is 12.6. The molecule has 0 amide bonds. The zero-order valence-electron chi connectivity index (χ0n) is 30.1. The number of fused-ring (bicyclic) bond motifs is 3. The molecule has 1 aliphatic rings. The van der Waals surface area contributed by atoms with Crippen LogP contribution in [0.4, 0.5) is 0 Å². The summed E-state index contributed by atoms with van der Waals surface area (Å²) in [5, 5.41) is 9.89. The molecule has 1 aromatic heterocycles. The van der Waals surface area contributed by atoms with Gasteiger partial charge in [-0.05, 0) is 74.3 Å². The average molecular weight is 708 g/mol. The van der Waals surface area contributed by atoms with Gasteiger partial charge < -0.3 is 9.73 Å². The fourth-order valence-corrected chi connectivity index (χ4v) is 7.85. The van der Waals surface area contributed by atoms with Gasteiger partial charge in [-0.25, -0.2) is 4.99 Å². The Hall–Kier alpha value is -7.01. The maximum Gasteiger partial charge on any atom is 0.136 e. The maximum absolute atomic E-state index is 6.56. The van der Waals surface area contributed by atoms with Crippen LogP contribution in [-0.4, -0.2) is 5.84 Å². The minimum absolute atomic E-state index is 0.265. The molecule has 0 bridgehead atoms. The number of benzene rings is 8. The summed E-state index contributed by atoms with van der Waals surface area (Å²) in [6.07, 6.45) is -0.598. The van der Waals surface area contributed by atoms with E-state index in [2.05, 4.69) is 199 Å². The predicted molar refractivity (Wildman–Crippen MR) is 227 cm³/mol. The summed E-state index contributed by atoms with van der Waals surface area (Å²) in [6, 6.07) is 70.5. The van der Waals surface area contributed by atoms with Crippen molar-refractivity contribution < 1.29 is 4.42 Å². The number of furan rings is 1. The van der Waals surface area contributed by atoms with Crippen LogP contribution in [0.5, 0.6) is 0 Å². The summed E-state index contributed by atoms with van der Waals surface area (Å²) in [5.74, 6) is 0.831. The van der Waals surface area contributed by atoms with Crippen LogP contribution in [0.2, 0.25) is 0 Å². The van der Waals surface area contributed by atoms with Crippen LogP contribution in [0.25, 0.3) is 66.4 Å². The molecule has 0 saturated heterocycles. The van der Waals surface area contributed by atoms with Crippen molar-refractivity contribution in [3.63, 3.8) is 0 Å². The van der Waals surface area contributed by atoms with E-state index in [0.717, 1.165) is 55.6 Å². The molecule has 2 atom stereocenters. The molecule has 0 fully saturated rings. The SMILES string of the molecule is c1ccc(-c2ccc(C3=NC(c4ccc(-c5ccccc5)c(-c5ccccc5)c4)NC(c4cccc5oc6cc(-c7ccccc7)ccc6c45)N3)cc2)cc1. The van der Waals surface area contributed by atoms with Crippen molar-refractivity contribution in [3.05, 3.63) is 217 Å². The van der Waals surface area contributed by atoms with Gasteiger partial charge in [-0.3, -0.25) is 5.32 Å². The molecule has 4 nitrogen and oxygen atoms in total. The topological polar surface area (TPSA) is 49.6 Å². The third-order valence-corrected chi connectivity index (χ3v) is 10.6. The van der Waals surface area contributed by atoms with E-state index in [1.807, 2.05) is 12.1 Å². The molecule has 8 aromatic carbocycles. The number of hydrogen-bond donors (Lipinski definition) is 2. The number of rotatable bonds is 7. The molecule has 262 valence electrons. The Morgan fingerprint density at radius 3 is 1.65 bits per heavy atom. The molecular weight excluding hydrogens is 671 g/mol. The molecule has 2 heterocycles. The van der Waals surface area contributed by atoms with Gasteiger partial charge in [0.05, 0.1) is 0 Å². The zero-order valence-corrected chi connectivity index (χ0v) is 30.1. The van der Waals surface area contributed by atoms with E-state index >= 15 is 0 Å². The molecule has 55 heavy (non-hydrogen) atoms. The van der Waals surface area contributed by atoms with Crippen LogP contribution in [0.3, 0.4) is 0 Å². The van der Waals surface area contributed by atoms with Crippen LogP contribution in [-0.2, 0) is 0 Å². The molecule has 10 rings (SSSR count). The number of hydrogen-bond acceptors (Lipinski definition) is 4. The van der Waals surface area contributed by atoms with E-state index in [-0.39, 0.29) is 12.3 Å². The Labute approximate surface area is 320 Å². The lowest BCUT2D eigenvalue weighted by molar-refractivity contribution is 0.411. The lowest BCUT2D eigenvalue weighted by Crippen LogP contribution is -2.45.